The molecule has 18 heavy (non-hydrogen) atoms. The van der Waals surface area contributed by atoms with Gasteiger partial charge in [0.15, 0.2) is 5.82 Å². The van der Waals surface area contributed by atoms with Crippen molar-refractivity contribution in [3.63, 3.8) is 0 Å². The standard InChI is InChI=1S/C10H12N6O2/c1-7(10-12-14-15-13-10)11-6-8-4-2-3-5-9(8)16(17)18/h2-5,7,11H,6H2,1H3,(H,12,13,14,15). The average Bonchev–Trinajstić information content (AvgIpc) is 2.90. The Morgan fingerprint density at radius 1 is 1.50 bits per heavy atom. The third-order valence-corrected chi connectivity index (χ3v) is 2.54. The first-order valence-corrected chi connectivity index (χ1v) is 5.37. The average molecular weight is 248 g/mol. The molecule has 0 aliphatic rings. The van der Waals surface area contributed by atoms with Gasteiger partial charge >= 0.3 is 0 Å². The number of hydrogen-bond donors (Lipinski definition) is 2. The molecule has 1 unspecified atom stereocenters. The summed E-state index contributed by atoms with van der Waals surface area (Å²) in [6.45, 7) is 2.23. The highest BCUT2D eigenvalue weighted by Crippen LogP contribution is 2.18. The third-order valence-electron chi connectivity index (χ3n) is 2.54. The number of para-hydroxylation sites is 1. The van der Waals surface area contributed by atoms with Crippen LogP contribution in [0.15, 0.2) is 24.3 Å². The third kappa shape index (κ3) is 2.66. The molecule has 0 spiro atoms. The Bertz CT molecular complexity index is 527. The topological polar surface area (TPSA) is 110 Å². The van der Waals surface area contributed by atoms with Crippen molar-refractivity contribution >= 4 is 5.69 Å². The van der Waals surface area contributed by atoms with Gasteiger partial charge in [-0.3, -0.25) is 10.1 Å². The lowest BCUT2D eigenvalue weighted by atomic mass is 10.1. The second-order valence-electron chi connectivity index (χ2n) is 3.76. The Labute approximate surface area is 103 Å². The van der Waals surface area contributed by atoms with E-state index in [1.54, 1.807) is 18.2 Å². The van der Waals surface area contributed by atoms with E-state index in [-0.39, 0.29) is 11.7 Å². The first kappa shape index (κ1) is 12.1. The monoisotopic (exact) mass is 248 g/mol. The Hall–Kier alpha value is -2.35. The second kappa shape index (κ2) is 5.32. The summed E-state index contributed by atoms with van der Waals surface area (Å²) in [6, 6.07) is 6.47. The normalized spacial score (nSPS) is 12.3. The van der Waals surface area contributed by atoms with Gasteiger partial charge in [0.25, 0.3) is 5.69 Å². The molecule has 2 aromatic rings. The molecule has 0 aliphatic carbocycles. The molecule has 94 valence electrons. The minimum Gasteiger partial charge on any atom is -0.303 e. The summed E-state index contributed by atoms with van der Waals surface area (Å²) in [6.07, 6.45) is 0. The van der Waals surface area contributed by atoms with E-state index in [0.29, 0.717) is 17.9 Å². The zero-order chi connectivity index (χ0) is 13.0. The van der Waals surface area contributed by atoms with Crippen LogP contribution in [0.5, 0.6) is 0 Å². The van der Waals surface area contributed by atoms with Gasteiger partial charge in [-0.15, -0.1) is 10.2 Å². The SMILES string of the molecule is CC(NCc1ccccc1[N+](=O)[O-])c1nn[nH]n1. The number of rotatable bonds is 5. The van der Waals surface area contributed by atoms with Gasteiger partial charge in [0.1, 0.15) is 0 Å². The van der Waals surface area contributed by atoms with Gasteiger partial charge in [0.05, 0.1) is 11.0 Å². The van der Waals surface area contributed by atoms with Crippen LogP contribution in [0, 0.1) is 10.1 Å². The van der Waals surface area contributed by atoms with E-state index in [4.69, 9.17) is 0 Å². The lowest BCUT2D eigenvalue weighted by molar-refractivity contribution is -0.385. The van der Waals surface area contributed by atoms with Gasteiger partial charge in [-0.2, -0.15) is 5.21 Å². The molecule has 0 fully saturated rings. The fourth-order valence-corrected chi connectivity index (χ4v) is 1.55. The maximum Gasteiger partial charge on any atom is 0.273 e. The van der Waals surface area contributed by atoms with Crippen molar-refractivity contribution in [1.29, 1.82) is 0 Å². The lowest BCUT2D eigenvalue weighted by Crippen LogP contribution is -2.19. The van der Waals surface area contributed by atoms with Crippen LogP contribution < -0.4 is 5.32 Å². The fourth-order valence-electron chi connectivity index (χ4n) is 1.55. The number of nitro benzene ring substituents is 1. The molecule has 8 nitrogen and oxygen atoms in total. The van der Waals surface area contributed by atoms with Gasteiger partial charge in [-0.1, -0.05) is 23.4 Å². The van der Waals surface area contributed by atoms with Gasteiger partial charge in [0, 0.05) is 18.2 Å². The minimum atomic E-state index is -0.393. The van der Waals surface area contributed by atoms with Crippen molar-refractivity contribution < 1.29 is 4.92 Å². The van der Waals surface area contributed by atoms with Crippen LogP contribution in [0.3, 0.4) is 0 Å². The minimum absolute atomic E-state index is 0.102. The van der Waals surface area contributed by atoms with Crippen LogP contribution >= 0.6 is 0 Å². The highest BCUT2D eigenvalue weighted by Gasteiger charge is 2.14. The Morgan fingerprint density at radius 3 is 2.94 bits per heavy atom. The Morgan fingerprint density at radius 2 is 2.28 bits per heavy atom. The van der Waals surface area contributed by atoms with E-state index in [1.807, 2.05) is 6.92 Å². The maximum atomic E-state index is 10.8. The summed E-state index contributed by atoms with van der Waals surface area (Å²) >= 11 is 0. The zero-order valence-electron chi connectivity index (χ0n) is 9.70. The molecule has 1 heterocycles. The van der Waals surface area contributed by atoms with Crippen molar-refractivity contribution in [3.05, 3.63) is 45.8 Å². The number of aromatic amines is 1. The Kier molecular flexibility index (Phi) is 3.58. The van der Waals surface area contributed by atoms with Crippen molar-refractivity contribution in [2.24, 2.45) is 0 Å². The first-order valence-electron chi connectivity index (χ1n) is 5.37. The lowest BCUT2D eigenvalue weighted by Gasteiger charge is -2.09. The van der Waals surface area contributed by atoms with Crippen LogP contribution in [0.4, 0.5) is 5.69 Å². The molecular weight excluding hydrogens is 236 g/mol. The highest BCUT2D eigenvalue weighted by molar-refractivity contribution is 5.39. The second-order valence-corrected chi connectivity index (χ2v) is 3.76. The van der Waals surface area contributed by atoms with E-state index in [9.17, 15) is 10.1 Å². The van der Waals surface area contributed by atoms with Crippen LogP contribution in [0.2, 0.25) is 0 Å². The van der Waals surface area contributed by atoms with Gasteiger partial charge in [-0.25, -0.2) is 0 Å². The van der Waals surface area contributed by atoms with Crippen LogP contribution in [-0.2, 0) is 6.54 Å². The quantitative estimate of drug-likeness (QED) is 0.602. The van der Waals surface area contributed by atoms with E-state index in [0.717, 1.165) is 0 Å². The van der Waals surface area contributed by atoms with Crippen molar-refractivity contribution in [2.45, 2.75) is 19.5 Å². The number of nitrogens with zero attached hydrogens (tertiary/aromatic N) is 4. The molecular formula is C10H12N6O2. The molecule has 0 bridgehead atoms. The smallest absolute Gasteiger partial charge is 0.273 e. The van der Waals surface area contributed by atoms with E-state index >= 15 is 0 Å². The number of nitro groups is 1. The molecule has 0 radical (unpaired) electrons. The molecule has 0 aliphatic heterocycles. The highest BCUT2D eigenvalue weighted by atomic mass is 16.6. The number of nitrogens with one attached hydrogen (secondary N) is 2. The summed E-state index contributed by atoms with van der Waals surface area (Å²) in [4.78, 5) is 10.4. The Balaban J connectivity index is 2.04. The summed E-state index contributed by atoms with van der Waals surface area (Å²) in [5.74, 6) is 0.522. The fraction of sp³-hybridized carbons (Fsp3) is 0.300. The summed E-state index contributed by atoms with van der Waals surface area (Å²) in [7, 11) is 0. The molecule has 0 saturated heterocycles. The number of H-pyrrole nitrogens is 1. The first-order chi connectivity index (χ1) is 8.68. The molecule has 1 aromatic carbocycles. The van der Waals surface area contributed by atoms with Crippen molar-refractivity contribution in [1.82, 2.24) is 25.9 Å². The van der Waals surface area contributed by atoms with Crippen molar-refractivity contribution in [2.75, 3.05) is 0 Å². The molecule has 2 N–H and O–H groups in total. The van der Waals surface area contributed by atoms with Crippen LogP contribution in [0.1, 0.15) is 24.4 Å². The maximum absolute atomic E-state index is 10.8. The van der Waals surface area contributed by atoms with E-state index in [1.165, 1.54) is 6.07 Å². The predicted molar refractivity (Wildman–Crippen MR) is 62.5 cm³/mol. The number of aromatic nitrogens is 4. The van der Waals surface area contributed by atoms with E-state index in [2.05, 4.69) is 25.9 Å². The molecule has 0 saturated carbocycles. The molecule has 2 rings (SSSR count). The van der Waals surface area contributed by atoms with Gasteiger partial charge < -0.3 is 5.32 Å². The largest absolute Gasteiger partial charge is 0.303 e. The molecule has 1 aromatic heterocycles. The predicted octanol–water partition coefficient (Wildman–Crippen LogP) is 0.959. The molecule has 1 atom stereocenters. The van der Waals surface area contributed by atoms with Crippen LogP contribution in [-0.4, -0.2) is 25.5 Å². The summed E-state index contributed by atoms with van der Waals surface area (Å²) in [5, 5.41) is 27.4. The molecule has 0 amide bonds. The van der Waals surface area contributed by atoms with Gasteiger partial charge in [0.2, 0.25) is 0 Å². The number of benzene rings is 1. The number of tetrazole rings is 1. The van der Waals surface area contributed by atoms with Gasteiger partial charge in [-0.05, 0) is 6.92 Å². The van der Waals surface area contributed by atoms with E-state index < -0.39 is 4.92 Å². The summed E-state index contributed by atoms with van der Waals surface area (Å²) in [5.41, 5.74) is 0.725. The summed E-state index contributed by atoms with van der Waals surface area (Å²) < 4.78 is 0. The zero-order valence-corrected chi connectivity index (χ0v) is 9.70. The number of hydrogen-bond acceptors (Lipinski definition) is 6. The molecule has 8 heteroatoms. The van der Waals surface area contributed by atoms with Crippen LogP contribution in [0.25, 0.3) is 0 Å². The van der Waals surface area contributed by atoms with Crippen molar-refractivity contribution in [3.8, 4) is 0 Å².